The van der Waals surface area contributed by atoms with Crippen LogP contribution in [0.1, 0.15) is 19.8 Å². The van der Waals surface area contributed by atoms with Gasteiger partial charge in [-0.25, -0.2) is 0 Å². The third-order valence-corrected chi connectivity index (χ3v) is 5.62. The first kappa shape index (κ1) is 20.3. The third kappa shape index (κ3) is 5.08. The van der Waals surface area contributed by atoms with Crippen molar-refractivity contribution in [2.75, 3.05) is 6.61 Å². The average molecular weight is 463 g/mol. The molecule has 2 aromatic heterocycles. The highest BCUT2D eigenvalue weighted by molar-refractivity contribution is 9.10. The summed E-state index contributed by atoms with van der Waals surface area (Å²) in [5.41, 5.74) is 1.27. The number of aromatic nitrogens is 2. The number of benzene rings is 1. The van der Waals surface area contributed by atoms with Gasteiger partial charge in [-0.15, -0.1) is 0 Å². The Morgan fingerprint density at radius 2 is 1.71 bits per heavy atom. The van der Waals surface area contributed by atoms with Crippen molar-refractivity contribution in [2.45, 2.75) is 24.7 Å². The lowest BCUT2D eigenvalue weighted by Crippen LogP contribution is -2.12. The zero-order chi connectivity index (χ0) is 20.0. The number of hydrogen-bond donors (Lipinski definition) is 0. The van der Waals surface area contributed by atoms with Gasteiger partial charge in [0.05, 0.1) is 6.61 Å². The summed E-state index contributed by atoms with van der Waals surface area (Å²) in [6.07, 6.45) is 5.10. The number of halogens is 1. The number of rotatable bonds is 8. The number of unbranched alkanes of at least 4 members (excludes halogenated alkanes) is 1. The van der Waals surface area contributed by atoms with Gasteiger partial charge in [-0.2, -0.15) is 13.4 Å². The van der Waals surface area contributed by atoms with Gasteiger partial charge in [0.25, 0.3) is 0 Å². The van der Waals surface area contributed by atoms with Gasteiger partial charge in [-0.05, 0) is 54.4 Å². The predicted molar refractivity (Wildman–Crippen MR) is 110 cm³/mol. The van der Waals surface area contributed by atoms with Crippen LogP contribution in [0.15, 0.2) is 70.3 Å². The summed E-state index contributed by atoms with van der Waals surface area (Å²) in [4.78, 5) is 8.32. The minimum absolute atomic E-state index is 0.0375. The van der Waals surface area contributed by atoms with Crippen LogP contribution >= 0.6 is 15.9 Å². The van der Waals surface area contributed by atoms with E-state index in [1.54, 1.807) is 48.8 Å². The molecule has 8 heteroatoms. The molecule has 3 aromatic rings. The van der Waals surface area contributed by atoms with E-state index in [-0.39, 0.29) is 10.8 Å². The summed E-state index contributed by atoms with van der Waals surface area (Å²) in [7, 11) is -4.06. The highest BCUT2D eigenvalue weighted by Gasteiger charge is 2.21. The lowest BCUT2D eigenvalue weighted by Gasteiger charge is -2.13. The fourth-order valence-corrected chi connectivity index (χ4v) is 3.56. The highest BCUT2D eigenvalue weighted by Crippen LogP contribution is 2.32. The average Bonchev–Trinajstić information content (AvgIpc) is 2.69. The van der Waals surface area contributed by atoms with Crippen LogP contribution in [0.4, 0.5) is 0 Å². The largest absolute Gasteiger partial charge is 0.478 e. The molecule has 0 aliphatic heterocycles. The van der Waals surface area contributed by atoms with Gasteiger partial charge in [-0.3, -0.25) is 4.98 Å². The smallest absolute Gasteiger partial charge is 0.340 e. The molecular formula is C20H19BrN2O4S. The first-order valence-electron chi connectivity index (χ1n) is 8.74. The van der Waals surface area contributed by atoms with Crippen molar-refractivity contribution >= 4 is 26.0 Å². The van der Waals surface area contributed by atoms with Gasteiger partial charge in [0.2, 0.25) is 11.8 Å². The van der Waals surface area contributed by atoms with E-state index in [9.17, 15) is 8.42 Å². The molecule has 0 saturated heterocycles. The Morgan fingerprint density at radius 3 is 2.39 bits per heavy atom. The Bertz CT molecular complexity index is 1030. The van der Waals surface area contributed by atoms with Crippen LogP contribution in [0.3, 0.4) is 0 Å². The van der Waals surface area contributed by atoms with Crippen LogP contribution in [0, 0.1) is 0 Å². The maximum Gasteiger partial charge on any atom is 0.340 e. The summed E-state index contributed by atoms with van der Waals surface area (Å²) in [6, 6.07) is 13.2. The van der Waals surface area contributed by atoms with Crippen LogP contribution in [0.5, 0.6) is 11.8 Å². The van der Waals surface area contributed by atoms with Gasteiger partial charge in [0.15, 0.2) is 0 Å². The molecule has 0 bridgehead atoms. The molecule has 0 saturated carbocycles. The lowest BCUT2D eigenvalue weighted by atomic mass is 10.1. The number of pyridine rings is 2. The minimum Gasteiger partial charge on any atom is -0.478 e. The molecule has 0 unspecified atom stereocenters. The van der Waals surface area contributed by atoms with Gasteiger partial charge < -0.3 is 8.92 Å². The first-order valence-corrected chi connectivity index (χ1v) is 10.9. The standard InChI is InChI=1S/C20H19BrN2O4S/c1-2-3-14-26-19-9-8-18(15-10-12-22-13-11-15)20(23-19)27-28(24,25)17-6-4-16(21)5-7-17/h4-13H,2-3,14H2,1H3. The van der Waals surface area contributed by atoms with Crippen LogP contribution in [-0.2, 0) is 10.1 Å². The Hall–Kier alpha value is -2.45. The van der Waals surface area contributed by atoms with Crippen molar-refractivity contribution in [1.82, 2.24) is 9.97 Å². The van der Waals surface area contributed by atoms with E-state index in [4.69, 9.17) is 8.92 Å². The molecular weight excluding hydrogens is 444 g/mol. The molecule has 0 N–H and O–H groups in total. The topological polar surface area (TPSA) is 78.4 Å². The Kier molecular flexibility index (Phi) is 6.64. The molecule has 6 nitrogen and oxygen atoms in total. The fourth-order valence-electron chi connectivity index (χ4n) is 2.39. The molecule has 0 spiro atoms. The first-order chi connectivity index (χ1) is 13.5. The van der Waals surface area contributed by atoms with Gasteiger partial charge >= 0.3 is 10.1 Å². The molecule has 0 radical (unpaired) electrons. The normalized spacial score (nSPS) is 11.2. The van der Waals surface area contributed by atoms with Crippen LogP contribution in [0.25, 0.3) is 11.1 Å². The van der Waals surface area contributed by atoms with Gasteiger partial charge in [-0.1, -0.05) is 29.3 Å². The Balaban J connectivity index is 1.98. The molecule has 0 aliphatic rings. The molecule has 0 atom stereocenters. The van der Waals surface area contributed by atoms with E-state index in [2.05, 4.69) is 32.8 Å². The number of nitrogens with zero attached hydrogens (tertiary/aromatic N) is 2. The summed E-state index contributed by atoms with van der Waals surface area (Å²) in [6.45, 7) is 2.56. The zero-order valence-corrected chi connectivity index (χ0v) is 17.6. The second-order valence-electron chi connectivity index (χ2n) is 5.93. The molecule has 1 aromatic carbocycles. The number of hydrogen-bond acceptors (Lipinski definition) is 6. The van der Waals surface area contributed by atoms with Crippen molar-refractivity contribution < 1.29 is 17.3 Å². The predicted octanol–water partition coefficient (Wildman–Crippen LogP) is 4.85. The summed E-state index contributed by atoms with van der Waals surface area (Å²) in [5, 5.41) is 0. The van der Waals surface area contributed by atoms with Crippen molar-refractivity contribution in [2.24, 2.45) is 0 Å². The van der Waals surface area contributed by atoms with E-state index in [0.29, 0.717) is 18.1 Å². The van der Waals surface area contributed by atoms with E-state index in [1.165, 1.54) is 12.1 Å². The Labute approximate surface area is 172 Å². The highest BCUT2D eigenvalue weighted by atomic mass is 79.9. The van der Waals surface area contributed by atoms with E-state index in [0.717, 1.165) is 22.9 Å². The zero-order valence-electron chi connectivity index (χ0n) is 15.2. The van der Waals surface area contributed by atoms with E-state index >= 15 is 0 Å². The molecule has 3 rings (SSSR count). The third-order valence-electron chi connectivity index (χ3n) is 3.86. The second-order valence-corrected chi connectivity index (χ2v) is 8.39. The molecule has 146 valence electrons. The van der Waals surface area contributed by atoms with Crippen LogP contribution < -0.4 is 8.92 Å². The summed E-state index contributed by atoms with van der Waals surface area (Å²) >= 11 is 3.29. The van der Waals surface area contributed by atoms with Gasteiger partial charge in [0.1, 0.15) is 4.90 Å². The molecule has 0 amide bonds. The second kappa shape index (κ2) is 9.16. The molecule has 0 aliphatic carbocycles. The van der Waals surface area contributed by atoms with E-state index < -0.39 is 10.1 Å². The van der Waals surface area contributed by atoms with E-state index in [1.807, 2.05) is 0 Å². The van der Waals surface area contributed by atoms with Crippen molar-refractivity contribution in [1.29, 1.82) is 0 Å². The molecule has 28 heavy (non-hydrogen) atoms. The quantitative estimate of drug-likeness (QED) is 0.351. The van der Waals surface area contributed by atoms with Crippen LogP contribution in [-0.4, -0.2) is 25.0 Å². The summed E-state index contributed by atoms with van der Waals surface area (Å²) in [5.74, 6) is 0.273. The number of ether oxygens (including phenoxy) is 1. The molecule has 2 heterocycles. The SMILES string of the molecule is CCCCOc1ccc(-c2ccncc2)c(OS(=O)(=O)c2ccc(Br)cc2)n1. The fraction of sp³-hybridized carbons (Fsp3) is 0.200. The monoisotopic (exact) mass is 462 g/mol. The van der Waals surface area contributed by atoms with Crippen molar-refractivity contribution in [3.05, 3.63) is 65.4 Å². The lowest BCUT2D eigenvalue weighted by molar-refractivity contribution is 0.295. The van der Waals surface area contributed by atoms with Crippen molar-refractivity contribution in [3.8, 4) is 22.9 Å². The molecule has 0 fully saturated rings. The summed E-state index contributed by atoms with van der Waals surface area (Å²) < 4.78 is 37.3. The van der Waals surface area contributed by atoms with Crippen molar-refractivity contribution in [3.63, 3.8) is 0 Å². The Morgan fingerprint density at radius 1 is 1.00 bits per heavy atom. The van der Waals surface area contributed by atoms with Crippen LogP contribution in [0.2, 0.25) is 0 Å². The maximum absolute atomic E-state index is 12.7. The minimum atomic E-state index is -4.06. The van der Waals surface area contributed by atoms with Gasteiger partial charge in [0, 0.05) is 28.5 Å². The maximum atomic E-state index is 12.7.